The zero-order valence-electron chi connectivity index (χ0n) is 11.1. The summed E-state index contributed by atoms with van der Waals surface area (Å²) in [6.45, 7) is 1.99. The summed E-state index contributed by atoms with van der Waals surface area (Å²) in [5.41, 5.74) is 1.81. The normalized spacial score (nSPS) is 18.9. The van der Waals surface area contributed by atoms with E-state index in [-0.39, 0.29) is 0 Å². The number of rotatable bonds is 4. The van der Waals surface area contributed by atoms with Gasteiger partial charge in [0.25, 0.3) is 0 Å². The third kappa shape index (κ3) is 2.87. The average Bonchev–Trinajstić information content (AvgIpc) is 3.11. The van der Waals surface area contributed by atoms with E-state index in [9.17, 15) is 10.2 Å². The van der Waals surface area contributed by atoms with Crippen LogP contribution in [0.4, 0.5) is 0 Å². The Balaban J connectivity index is 1.77. The van der Waals surface area contributed by atoms with Crippen LogP contribution < -0.4 is 5.32 Å². The minimum absolute atomic E-state index is 0.419. The molecule has 3 N–H and O–H groups in total. The second-order valence-electron chi connectivity index (χ2n) is 5.10. The van der Waals surface area contributed by atoms with E-state index in [0.29, 0.717) is 17.3 Å². The summed E-state index contributed by atoms with van der Waals surface area (Å²) in [6.07, 6.45) is 6.22. The third-order valence-corrected chi connectivity index (χ3v) is 3.57. The molecule has 3 rings (SSSR count). The highest BCUT2D eigenvalue weighted by molar-refractivity contribution is 5.53. The zero-order valence-corrected chi connectivity index (χ0v) is 11.1. The molecule has 1 fully saturated rings. The molecule has 0 saturated carbocycles. The van der Waals surface area contributed by atoms with Crippen molar-refractivity contribution < 1.29 is 10.2 Å². The first-order valence-electron chi connectivity index (χ1n) is 6.80. The first-order chi connectivity index (χ1) is 9.72. The van der Waals surface area contributed by atoms with E-state index in [2.05, 4.69) is 15.3 Å². The number of hydrogen-bond donors (Lipinski definition) is 3. The van der Waals surface area contributed by atoms with Gasteiger partial charge < -0.3 is 20.1 Å². The molecule has 0 aromatic carbocycles. The molecule has 1 atom stereocenters. The van der Waals surface area contributed by atoms with E-state index in [1.807, 2.05) is 10.8 Å². The summed E-state index contributed by atoms with van der Waals surface area (Å²) >= 11 is 0. The summed E-state index contributed by atoms with van der Waals surface area (Å²) in [7, 11) is 0. The molecular formula is C14H18N4O2. The van der Waals surface area contributed by atoms with Crippen LogP contribution in [0.3, 0.4) is 0 Å². The average molecular weight is 274 g/mol. The first-order valence-corrected chi connectivity index (χ1v) is 6.80. The maximum atomic E-state index is 9.18. The lowest BCUT2D eigenvalue weighted by atomic mass is 10.2. The van der Waals surface area contributed by atoms with Gasteiger partial charge in [0.1, 0.15) is 5.69 Å². The van der Waals surface area contributed by atoms with Crippen LogP contribution in [0.5, 0.6) is 0 Å². The van der Waals surface area contributed by atoms with E-state index >= 15 is 0 Å². The summed E-state index contributed by atoms with van der Waals surface area (Å²) in [5.74, 6) is 0. The molecule has 0 radical (unpaired) electrons. The Bertz CT molecular complexity index is 576. The SMILES string of the molecule is OC(O)c1ccnc(-c2cn(CC3CCCN3)cn2)c1. The van der Waals surface area contributed by atoms with Gasteiger partial charge in [0.05, 0.1) is 12.0 Å². The van der Waals surface area contributed by atoms with Crippen molar-refractivity contribution in [3.63, 3.8) is 0 Å². The predicted molar refractivity (Wildman–Crippen MR) is 73.7 cm³/mol. The van der Waals surface area contributed by atoms with Gasteiger partial charge in [0.15, 0.2) is 6.29 Å². The van der Waals surface area contributed by atoms with Crippen molar-refractivity contribution in [3.8, 4) is 11.4 Å². The summed E-state index contributed by atoms with van der Waals surface area (Å²) < 4.78 is 2.04. The second-order valence-corrected chi connectivity index (χ2v) is 5.10. The number of nitrogens with one attached hydrogen (secondary N) is 1. The van der Waals surface area contributed by atoms with Crippen LogP contribution in [0, 0.1) is 0 Å². The number of aliphatic hydroxyl groups excluding tert-OH is 1. The van der Waals surface area contributed by atoms with Gasteiger partial charge in [0, 0.05) is 30.5 Å². The Morgan fingerprint density at radius 3 is 3.00 bits per heavy atom. The summed E-state index contributed by atoms with van der Waals surface area (Å²) in [6, 6.07) is 3.73. The van der Waals surface area contributed by atoms with Crippen molar-refractivity contribution in [2.45, 2.75) is 31.7 Å². The van der Waals surface area contributed by atoms with Gasteiger partial charge in [0.2, 0.25) is 0 Å². The van der Waals surface area contributed by atoms with Crippen LogP contribution >= 0.6 is 0 Å². The predicted octanol–water partition coefficient (Wildman–Crippen LogP) is 0.680. The second kappa shape index (κ2) is 5.70. The summed E-state index contributed by atoms with van der Waals surface area (Å²) in [5, 5.41) is 21.8. The maximum absolute atomic E-state index is 9.18. The Hall–Kier alpha value is -1.76. The highest BCUT2D eigenvalue weighted by atomic mass is 16.5. The number of hydrogen-bond acceptors (Lipinski definition) is 5. The van der Waals surface area contributed by atoms with Gasteiger partial charge in [-0.05, 0) is 31.5 Å². The van der Waals surface area contributed by atoms with E-state index in [0.717, 1.165) is 18.8 Å². The van der Waals surface area contributed by atoms with Crippen molar-refractivity contribution in [2.75, 3.05) is 6.54 Å². The van der Waals surface area contributed by atoms with Gasteiger partial charge >= 0.3 is 0 Å². The fourth-order valence-electron chi connectivity index (χ4n) is 2.51. The van der Waals surface area contributed by atoms with E-state index < -0.39 is 6.29 Å². The van der Waals surface area contributed by atoms with Crippen molar-refractivity contribution in [1.29, 1.82) is 0 Å². The number of aliphatic hydroxyl groups is 2. The van der Waals surface area contributed by atoms with Gasteiger partial charge in [-0.15, -0.1) is 0 Å². The molecule has 2 aromatic rings. The molecule has 1 saturated heterocycles. The molecule has 20 heavy (non-hydrogen) atoms. The largest absolute Gasteiger partial charge is 0.364 e. The van der Waals surface area contributed by atoms with Gasteiger partial charge in [-0.3, -0.25) is 4.98 Å². The summed E-state index contributed by atoms with van der Waals surface area (Å²) in [4.78, 5) is 8.56. The molecule has 1 aliphatic heterocycles. The fraction of sp³-hybridized carbons (Fsp3) is 0.429. The van der Waals surface area contributed by atoms with E-state index in [4.69, 9.17) is 0 Å². The molecule has 3 heterocycles. The van der Waals surface area contributed by atoms with Gasteiger partial charge in [-0.25, -0.2) is 4.98 Å². The van der Waals surface area contributed by atoms with Crippen molar-refractivity contribution in [2.24, 2.45) is 0 Å². The molecule has 6 nitrogen and oxygen atoms in total. The smallest absolute Gasteiger partial charge is 0.178 e. The first kappa shape index (κ1) is 13.2. The highest BCUT2D eigenvalue weighted by Crippen LogP contribution is 2.19. The molecule has 1 aliphatic rings. The maximum Gasteiger partial charge on any atom is 0.178 e. The lowest BCUT2D eigenvalue weighted by molar-refractivity contribution is -0.0425. The molecule has 0 bridgehead atoms. The van der Waals surface area contributed by atoms with Crippen molar-refractivity contribution in [3.05, 3.63) is 36.4 Å². The molecule has 0 aliphatic carbocycles. The number of aromatic nitrogens is 3. The third-order valence-electron chi connectivity index (χ3n) is 3.57. The topological polar surface area (TPSA) is 83.2 Å². The molecule has 106 valence electrons. The lowest BCUT2D eigenvalue weighted by Crippen LogP contribution is -2.26. The number of imidazole rings is 1. The van der Waals surface area contributed by atoms with Crippen LogP contribution in [0.2, 0.25) is 0 Å². The highest BCUT2D eigenvalue weighted by Gasteiger charge is 2.15. The monoisotopic (exact) mass is 274 g/mol. The van der Waals surface area contributed by atoms with E-state index in [1.165, 1.54) is 12.8 Å². The minimum Gasteiger partial charge on any atom is -0.364 e. The zero-order chi connectivity index (χ0) is 13.9. The fourth-order valence-corrected chi connectivity index (χ4v) is 2.51. The van der Waals surface area contributed by atoms with Crippen molar-refractivity contribution in [1.82, 2.24) is 19.9 Å². The lowest BCUT2D eigenvalue weighted by Gasteiger charge is -2.09. The molecule has 1 unspecified atom stereocenters. The van der Waals surface area contributed by atoms with Crippen LogP contribution in [0.15, 0.2) is 30.9 Å². The standard InChI is InChI=1S/C14H18N4O2/c19-14(20)10-3-5-16-12(6-10)13-8-18(9-17-13)7-11-2-1-4-15-11/h3,5-6,8-9,11,14-15,19-20H,1-2,4,7H2. The number of nitrogens with zero attached hydrogens (tertiary/aromatic N) is 3. The Kier molecular flexibility index (Phi) is 3.77. The minimum atomic E-state index is -1.48. The molecular weight excluding hydrogens is 256 g/mol. The van der Waals surface area contributed by atoms with Gasteiger partial charge in [-0.1, -0.05) is 0 Å². The molecule has 0 spiro atoms. The van der Waals surface area contributed by atoms with Crippen molar-refractivity contribution >= 4 is 0 Å². The molecule has 6 heteroatoms. The molecule has 2 aromatic heterocycles. The number of pyridine rings is 1. The quantitative estimate of drug-likeness (QED) is 0.714. The van der Waals surface area contributed by atoms with Crippen LogP contribution in [-0.2, 0) is 6.54 Å². The Labute approximate surface area is 117 Å². The Morgan fingerprint density at radius 2 is 2.25 bits per heavy atom. The van der Waals surface area contributed by atoms with E-state index in [1.54, 1.807) is 24.7 Å². The van der Waals surface area contributed by atoms with Crippen LogP contribution in [-0.4, -0.2) is 37.3 Å². The van der Waals surface area contributed by atoms with Gasteiger partial charge in [-0.2, -0.15) is 0 Å². The Morgan fingerprint density at radius 1 is 1.35 bits per heavy atom. The molecule has 0 amide bonds. The van der Waals surface area contributed by atoms with Crippen LogP contribution in [0.25, 0.3) is 11.4 Å². The van der Waals surface area contributed by atoms with Crippen LogP contribution in [0.1, 0.15) is 24.7 Å².